The zero-order chi connectivity index (χ0) is 14.9. The second kappa shape index (κ2) is 5.66. The second-order valence-electron chi connectivity index (χ2n) is 5.21. The van der Waals surface area contributed by atoms with Crippen molar-refractivity contribution in [2.24, 2.45) is 0 Å². The fourth-order valence-electron chi connectivity index (χ4n) is 2.64. The van der Waals surface area contributed by atoms with Gasteiger partial charge in [-0.2, -0.15) is 0 Å². The molecule has 22 heavy (non-hydrogen) atoms. The molecule has 3 aromatic rings. The van der Waals surface area contributed by atoms with Crippen molar-refractivity contribution in [3.63, 3.8) is 0 Å². The molecular formula is C15H14N4OS2. The van der Waals surface area contributed by atoms with Gasteiger partial charge in [-0.25, -0.2) is 9.97 Å². The van der Waals surface area contributed by atoms with Crippen LogP contribution in [0.5, 0.6) is 0 Å². The zero-order valence-electron chi connectivity index (χ0n) is 11.7. The number of hydrogen-bond donors (Lipinski definition) is 1. The van der Waals surface area contributed by atoms with Crippen LogP contribution in [0, 0.1) is 0 Å². The van der Waals surface area contributed by atoms with E-state index in [1.54, 1.807) is 11.3 Å². The number of rotatable bonds is 3. The van der Waals surface area contributed by atoms with Crippen LogP contribution < -0.4 is 10.2 Å². The monoisotopic (exact) mass is 330 g/mol. The van der Waals surface area contributed by atoms with E-state index in [4.69, 9.17) is 0 Å². The quantitative estimate of drug-likeness (QED) is 0.802. The maximum atomic E-state index is 12.4. The Morgan fingerprint density at radius 3 is 3.09 bits per heavy atom. The van der Waals surface area contributed by atoms with Crippen molar-refractivity contribution in [3.05, 3.63) is 40.8 Å². The predicted molar refractivity (Wildman–Crippen MR) is 89.8 cm³/mol. The molecule has 1 aliphatic rings. The van der Waals surface area contributed by atoms with Crippen LogP contribution in [0.1, 0.15) is 16.2 Å². The number of benzene rings is 1. The van der Waals surface area contributed by atoms with Gasteiger partial charge in [-0.3, -0.25) is 4.79 Å². The van der Waals surface area contributed by atoms with Crippen molar-refractivity contribution in [1.29, 1.82) is 0 Å². The van der Waals surface area contributed by atoms with E-state index in [1.165, 1.54) is 11.3 Å². The number of carbonyl (C=O) groups is 1. The topological polar surface area (TPSA) is 58.1 Å². The molecule has 1 saturated heterocycles. The molecule has 7 heteroatoms. The molecule has 1 N–H and O–H groups in total. The highest BCUT2D eigenvalue weighted by atomic mass is 32.1. The smallest absolute Gasteiger partial charge is 0.280 e. The molecule has 5 nitrogen and oxygen atoms in total. The highest BCUT2D eigenvalue weighted by Crippen LogP contribution is 2.24. The Kier molecular flexibility index (Phi) is 3.51. The SMILES string of the molecule is O=C(N[C@H]1CCN(c2nccs2)C1)c1nc2ccccc2s1. The van der Waals surface area contributed by atoms with E-state index in [2.05, 4.69) is 20.2 Å². The number of nitrogens with one attached hydrogen (secondary N) is 1. The maximum Gasteiger partial charge on any atom is 0.280 e. The summed E-state index contributed by atoms with van der Waals surface area (Å²) in [5, 5.41) is 6.63. The molecule has 0 unspecified atom stereocenters. The summed E-state index contributed by atoms with van der Waals surface area (Å²) in [6.07, 6.45) is 2.75. The number of carbonyl (C=O) groups excluding carboxylic acids is 1. The number of aromatic nitrogens is 2. The molecular weight excluding hydrogens is 316 g/mol. The number of hydrogen-bond acceptors (Lipinski definition) is 6. The minimum Gasteiger partial charge on any atom is -0.346 e. The Morgan fingerprint density at radius 2 is 2.27 bits per heavy atom. The molecule has 0 bridgehead atoms. The Hall–Kier alpha value is -1.99. The van der Waals surface area contributed by atoms with E-state index < -0.39 is 0 Å². The van der Waals surface area contributed by atoms with Gasteiger partial charge in [0.25, 0.3) is 5.91 Å². The molecule has 1 amide bonds. The normalized spacial score (nSPS) is 18.0. The Labute approximate surface area is 135 Å². The summed E-state index contributed by atoms with van der Waals surface area (Å²) in [5.74, 6) is -0.0767. The molecule has 112 valence electrons. The molecule has 1 fully saturated rings. The summed E-state index contributed by atoms with van der Waals surface area (Å²) < 4.78 is 1.04. The summed E-state index contributed by atoms with van der Waals surface area (Å²) >= 11 is 3.07. The number of nitrogens with zero attached hydrogens (tertiary/aromatic N) is 3. The fourth-order valence-corrected chi connectivity index (χ4v) is 4.19. The van der Waals surface area contributed by atoms with Crippen molar-refractivity contribution < 1.29 is 4.79 Å². The van der Waals surface area contributed by atoms with Crippen LogP contribution in [0.15, 0.2) is 35.8 Å². The largest absolute Gasteiger partial charge is 0.346 e. The number of fused-ring (bicyclic) bond motifs is 1. The molecule has 1 atom stereocenters. The average Bonchev–Trinajstić information content (AvgIpc) is 3.26. The van der Waals surface area contributed by atoms with E-state index >= 15 is 0 Å². The molecule has 1 aromatic carbocycles. The van der Waals surface area contributed by atoms with Crippen LogP contribution in [0.25, 0.3) is 10.2 Å². The number of thiazole rings is 2. The molecule has 0 radical (unpaired) electrons. The second-order valence-corrected chi connectivity index (χ2v) is 7.11. The van der Waals surface area contributed by atoms with Gasteiger partial charge in [0.1, 0.15) is 0 Å². The Morgan fingerprint density at radius 1 is 1.36 bits per heavy atom. The van der Waals surface area contributed by atoms with E-state index in [1.807, 2.05) is 35.8 Å². The maximum absolute atomic E-state index is 12.4. The third-order valence-corrected chi connectivity index (χ3v) is 5.57. The highest BCUT2D eigenvalue weighted by molar-refractivity contribution is 7.20. The van der Waals surface area contributed by atoms with Crippen LogP contribution in [0.2, 0.25) is 0 Å². The number of amides is 1. The first-order valence-electron chi connectivity index (χ1n) is 7.10. The Balaban J connectivity index is 1.44. The van der Waals surface area contributed by atoms with Crippen LogP contribution >= 0.6 is 22.7 Å². The van der Waals surface area contributed by atoms with Crippen molar-refractivity contribution in [3.8, 4) is 0 Å². The van der Waals surface area contributed by atoms with E-state index in [-0.39, 0.29) is 11.9 Å². The molecule has 0 spiro atoms. The van der Waals surface area contributed by atoms with E-state index in [9.17, 15) is 4.79 Å². The Bertz CT molecular complexity index is 766. The minimum absolute atomic E-state index is 0.0767. The lowest BCUT2D eigenvalue weighted by Gasteiger charge is -2.15. The van der Waals surface area contributed by atoms with Crippen molar-refractivity contribution in [1.82, 2.24) is 15.3 Å². The fraction of sp³-hybridized carbons (Fsp3) is 0.267. The summed E-state index contributed by atoms with van der Waals surface area (Å²) in [6.45, 7) is 1.74. The third kappa shape index (κ3) is 2.57. The van der Waals surface area contributed by atoms with E-state index in [0.717, 1.165) is 34.9 Å². The zero-order valence-corrected chi connectivity index (χ0v) is 13.4. The summed E-state index contributed by atoms with van der Waals surface area (Å²) in [6, 6.07) is 7.98. The van der Waals surface area contributed by atoms with Crippen LogP contribution in [0.4, 0.5) is 5.13 Å². The van der Waals surface area contributed by atoms with Crippen molar-refractivity contribution >= 4 is 43.9 Å². The lowest BCUT2D eigenvalue weighted by Crippen LogP contribution is -2.37. The van der Waals surface area contributed by atoms with Gasteiger partial charge in [0.15, 0.2) is 10.1 Å². The summed E-state index contributed by atoms with van der Waals surface area (Å²) in [7, 11) is 0. The van der Waals surface area contributed by atoms with E-state index in [0.29, 0.717) is 5.01 Å². The minimum atomic E-state index is -0.0767. The van der Waals surface area contributed by atoms with Crippen LogP contribution in [-0.4, -0.2) is 35.0 Å². The van der Waals surface area contributed by atoms with Gasteiger partial charge < -0.3 is 10.2 Å². The predicted octanol–water partition coefficient (Wildman–Crippen LogP) is 2.76. The molecule has 0 aliphatic carbocycles. The van der Waals surface area contributed by atoms with Gasteiger partial charge >= 0.3 is 0 Å². The van der Waals surface area contributed by atoms with Gasteiger partial charge in [0, 0.05) is 30.7 Å². The third-order valence-electron chi connectivity index (χ3n) is 3.70. The molecule has 0 saturated carbocycles. The average molecular weight is 330 g/mol. The first-order chi connectivity index (χ1) is 10.8. The first kappa shape index (κ1) is 13.7. The lowest BCUT2D eigenvalue weighted by atomic mass is 10.2. The van der Waals surface area contributed by atoms with Gasteiger partial charge in [0.05, 0.1) is 10.2 Å². The summed E-state index contributed by atoms with van der Waals surface area (Å²) in [5.41, 5.74) is 0.883. The number of para-hydroxylation sites is 1. The first-order valence-corrected chi connectivity index (χ1v) is 8.80. The molecule has 2 aromatic heterocycles. The van der Waals surface area contributed by atoms with Crippen LogP contribution in [-0.2, 0) is 0 Å². The molecule has 4 rings (SSSR count). The standard InChI is InChI=1S/C15H14N4OS2/c20-13(14-18-11-3-1-2-4-12(11)22-14)17-10-5-7-19(9-10)15-16-6-8-21-15/h1-4,6,8,10H,5,7,9H2,(H,17,20)/t10-/m0/s1. The molecule has 3 heterocycles. The van der Waals surface area contributed by atoms with Crippen molar-refractivity contribution in [2.45, 2.75) is 12.5 Å². The van der Waals surface area contributed by atoms with Crippen molar-refractivity contribution in [2.75, 3.05) is 18.0 Å². The highest BCUT2D eigenvalue weighted by Gasteiger charge is 2.26. The van der Waals surface area contributed by atoms with Gasteiger partial charge in [-0.05, 0) is 18.6 Å². The van der Waals surface area contributed by atoms with Gasteiger partial charge in [-0.15, -0.1) is 22.7 Å². The number of anilines is 1. The summed E-state index contributed by atoms with van der Waals surface area (Å²) in [4.78, 5) is 23.3. The van der Waals surface area contributed by atoms with Gasteiger partial charge in [0.2, 0.25) is 0 Å². The molecule has 1 aliphatic heterocycles. The lowest BCUT2D eigenvalue weighted by molar-refractivity contribution is 0.0940. The van der Waals surface area contributed by atoms with Crippen LogP contribution in [0.3, 0.4) is 0 Å². The van der Waals surface area contributed by atoms with Gasteiger partial charge in [-0.1, -0.05) is 12.1 Å².